The minimum absolute atomic E-state index is 0.439. The van der Waals surface area contributed by atoms with E-state index in [0.717, 1.165) is 12.5 Å². The fourth-order valence-electron chi connectivity index (χ4n) is 4.60. The summed E-state index contributed by atoms with van der Waals surface area (Å²) in [6.07, 6.45) is 11.4. The topological polar surface area (TPSA) is 24.5 Å². The maximum Gasteiger partial charge on any atom is 0.0703 e. The van der Waals surface area contributed by atoms with Crippen molar-refractivity contribution in [2.24, 2.45) is 5.92 Å². The summed E-state index contributed by atoms with van der Waals surface area (Å²) in [5.41, 5.74) is 0.439. The first-order valence-electron chi connectivity index (χ1n) is 9.33. The van der Waals surface area contributed by atoms with Crippen LogP contribution in [0, 0.1) is 5.92 Å². The van der Waals surface area contributed by atoms with Crippen molar-refractivity contribution in [2.75, 3.05) is 26.2 Å². The van der Waals surface area contributed by atoms with Gasteiger partial charge in [-0.05, 0) is 31.6 Å². The van der Waals surface area contributed by atoms with Crippen LogP contribution in [-0.4, -0.2) is 48.8 Å². The lowest BCUT2D eigenvalue weighted by atomic mass is 9.77. The zero-order valence-corrected chi connectivity index (χ0v) is 14.1. The predicted molar refractivity (Wildman–Crippen MR) is 87.6 cm³/mol. The molecule has 21 heavy (non-hydrogen) atoms. The summed E-state index contributed by atoms with van der Waals surface area (Å²) in [6, 6.07) is 0.670. The van der Waals surface area contributed by atoms with Crippen LogP contribution in [0.25, 0.3) is 0 Å². The van der Waals surface area contributed by atoms with E-state index in [1.165, 1.54) is 71.0 Å². The Kier molecular flexibility index (Phi) is 5.23. The van der Waals surface area contributed by atoms with Gasteiger partial charge in [-0.25, -0.2) is 0 Å². The number of hydrogen-bond acceptors (Lipinski definition) is 3. The van der Waals surface area contributed by atoms with E-state index in [9.17, 15) is 0 Å². The molecule has 3 fully saturated rings. The molecule has 1 saturated carbocycles. The number of rotatable bonds is 4. The van der Waals surface area contributed by atoms with Gasteiger partial charge in [0.1, 0.15) is 0 Å². The molecule has 0 amide bonds. The van der Waals surface area contributed by atoms with E-state index in [-0.39, 0.29) is 0 Å². The fourth-order valence-corrected chi connectivity index (χ4v) is 4.60. The SMILES string of the molecule is CCC(C)C1CN(CC2CCCO2)C2(CCCCC2)CN1. The molecule has 1 spiro atoms. The van der Waals surface area contributed by atoms with Crippen LogP contribution in [0.4, 0.5) is 0 Å². The first-order chi connectivity index (χ1) is 10.2. The van der Waals surface area contributed by atoms with E-state index in [2.05, 4.69) is 24.1 Å². The maximum absolute atomic E-state index is 5.95. The molecule has 3 heteroatoms. The highest BCUT2D eigenvalue weighted by atomic mass is 16.5. The highest BCUT2D eigenvalue weighted by Gasteiger charge is 2.43. The van der Waals surface area contributed by atoms with Gasteiger partial charge < -0.3 is 10.1 Å². The lowest BCUT2D eigenvalue weighted by Gasteiger charge is -2.53. The van der Waals surface area contributed by atoms with Gasteiger partial charge in [-0.1, -0.05) is 39.5 Å². The molecular weight excluding hydrogens is 260 g/mol. The second-order valence-corrected chi connectivity index (χ2v) is 7.70. The van der Waals surface area contributed by atoms with Crippen LogP contribution < -0.4 is 5.32 Å². The number of nitrogens with one attached hydrogen (secondary N) is 1. The smallest absolute Gasteiger partial charge is 0.0703 e. The van der Waals surface area contributed by atoms with Gasteiger partial charge in [0.2, 0.25) is 0 Å². The Labute approximate surface area is 130 Å². The van der Waals surface area contributed by atoms with E-state index < -0.39 is 0 Å². The van der Waals surface area contributed by atoms with Crippen LogP contribution in [0.1, 0.15) is 65.2 Å². The second kappa shape index (κ2) is 6.97. The summed E-state index contributed by atoms with van der Waals surface area (Å²) in [5, 5.41) is 3.90. The van der Waals surface area contributed by atoms with Crippen molar-refractivity contribution in [3.05, 3.63) is 0 Å². The average molecular weight is 294 g/mol. The third-order valence-corrected chi connectivity index (χ3v) is 6.34. The Hall–Kier alpha value is -0.120. The summed E-state index contributed by atoms with van der Waals surface area (Å²) in [5.74, 6) is 0.776. The highest BCUT2D eigenvalue weighted by Crippen LogP contribution is 2.37. The first kappa shape index (κ1) is 15.8. The molecule has 0 aromatic heterocycles. The molecule has 3 rings (SSSR count). The van der Waals surface area contributed by atoms with E-state index >= 15 is 0 Å². The molecule has 122 valence electrons. The Morgan fingerprint density at radius 3 is 2.71 bits per heavy atom. The summed E-state index contributed by atoms with van der Waals surface area (Å²) in [4.78, 5) is 2.84. The van der Waals surface area contributed by atoms with Crippen LogP contribution in [0.2, 0.25) is 0 Å². The van der Waals surface area contributed by atoms with Crippen molar-refractivity contribution in [1.29, 1.82) is 0 Å². The van der Waals surface area contributed by atoms with Gasteiger partial charge in [0.05, 0.1) is 6.10 Å². The minimum Gasteiger partial charge on any atom is -0.377 e. The van der Waals surface area contributed by atoms with Crippen molar-refractivity contribution < 1.29 is 4.74 Å². The van der Waals surface area contributed by atoms with E-state index in [4.69, 9.17) is 4.74 Å². The van der Waals surface area contributed by atoms with Gasteiger partial charge in [-0.15, -0.1) is 0 Å². The van der Waals surface area contributed by atoms with Crippen molar-refractivity contribution in [3.8, 4) is 0 Å². The average Bonchev–Trinajstić information content (AvgIpc) is 3.03. The number of piperazine rings is 1. The summed E-state index contributed by atoms with van der Waals surface area (Å²) in [7, 11) is 0. The third kappa shape index (κ3) is 3.46. The van der Waals surface area contributed by atoms with E-state index in [1.807, 2.05) is 0 Å². The Morgan fingerprint density at radius 2 is 2.05 bits per heavy atom. The standard InChI is InChI=1S/C18H34N2O/c1-3-15(2)17-13-20(12-16-8-7-11-21-16)18(14-19-17)9-5-4-6-10-18/h15-17,19H,3-14H2,1-2H3. The van der Waals surface area contributed by atoms with Gasteiger partial charge >= 0.3 is 0 Å². The van der Waals surface area contributed by atoms with Crippen LogP contribution in [0.5, 0.6) is 0 Å². The fraction of sp³-hybridized carbons (Fsp3) is 1.00. The Bertz CT molecular complexity index is 321. The predicted octanol–water partition coefficient (Wildman–Crippen LogP) is 3.19. The van der Waals surface area contributed by atoms with Gasteiger partial charge in [0, 0.05) is 37.8 Å². The normalized spacial score (nSPS) is 35.1. The van der Waals surface area contributed by atoms with Gasteiger partial charge in [-0.3, -0.25) is 4.90 Å². The summed E-state index contributed by atoms with van der Waals surface area (Å²) < 4.78 is 5.95. The Balaban J connectivity index is 1.69. The highest BCUT2D eigenvalue weighted by molar-refractivity contribution is 5.02. The molecule has 1 N–H and O–H groups in total. The quantitative estimate of drug-likeness (QED) is 0.862. The molecule has 3 atom stereocenters. The molecule has 2 saturated heterocycles. The molecule has 3 nitrogen and oxygen atoms in total. The molecule has 2 aliphatic heterocycles. The molecule has 2 heterocycles. The van der Waals surface area contributed by atoms with Crippen molar-refractivity contribution >= 4 is 0 Å². The minimum atomic E-state index is 0.439. The number of ether oxygens (including phenoxy) is 1. The molecule has 0 aromatic rings. The van der Waals surface area contributed by atoms with Crippen LogP contribution >= 0.6 is 0 Å². The maximum atomic E-state index is 5.95. The zero-order valence-electron chi connectivity index (χ0n) is 14.1. The van der Waals surface area contributed by atoms with Crippen LogP contribution in [-0.2, 0) is 4.74 Å². The van der Waals surface area contributed by atoms with Gasteiger partial charge in [-0.2, -0.15) is 0 Å². The van der Waals surface area contributed by atoms with Gasteiger partial charge in [0.15, 0.2) is 0 Å². The number of nitrogens with zero attached hydrogens (tertiary/aromatic N) is 1. The summed E-state index contributed by atoms with van der Waals surface area (Å²) >= 11 is 0. The molecule has 0 bridgehead atoms. The zero-order chi connectivity index (χ0) is 14.7. The van der Waals surface area contributed by atoms with Crippen molar-refractivity contribution in [1.82, 2.24) is 10.2 Å². The third-order valence-electron chi connectivity index (χ3n) is 6.34. The number of hydrogen-bond donors (Lipinski definition) is 1. The monoisotopic (exact) mass is 294 g/mol. The van der Waals surface area contributed by atoms with Crippen molar-refractivity contribution in [2.45, 2.75) is 82.9 Å². The van der Waals surface area contributed by atoms with Crippen molar-refractivity contribution in [3.63, 3.8) is 0 Å². The molecule has 0 aromatic carbocycles. The molecule has 3 unspecified atom stereocenters. The second-order valence-electron chi connectivity index (χ2n) is 7.70. The van der Waals surface area contributed by atoms with Crippen LogP contribution in [0.3, 0.4) is 0 Å². The van der Waals surface area contributed by atoms with Crippen LogP contribution in [0.15, 0.2) is 0 Å². The molecule has 3 aliphatic rings. The molecule has 0 radical (unpaired) electrons. The first-order valence-corrected chi connectivity index (χ1v) is 9.33. The van der Waals surface area contributed by atoms with E-state index in [0.29, 0.717) is 17.7 Å². The van der Waals surface area contributed by atoms with E-state index in [1.54, 1.807) is 0 Å². The largest absolute Gasteiger partial charge is 0.377 e. The Morgan fingerprint density at radius 1 is 1.24 bits per heavy atom. The summed E-state index contributed by atoms with van der Waals surface area (Å²) in [6.45, 7) is 9.32. The van der Waals surface area contributed by atoms with Gasteiger partial charge in [0.25, 0.3) is 0 Å². The molecule has 1 aliphatic carbocycles. The molecular formula is C18H34N2O. The lowest BCUT2D eigenvalue weighted by molar-refractivity contribution is -0.0326. The lowest BCUT2D eigenvalue weighted by Crippen LogP contribution is -2.67.